The number of halogens is 5. The minimum atomic E-state index is -4.95. The minimum Gasteiger partial charge on any atom is -0.406 e. The third-order valence-electron chi connectivity index (χ3n) is 5.96. The molecule has 0 radical (unpaired) electrons. The van der Waals surface area contributed by atoms with E-state index in [1.807, 2.05) is 0 Å². The Bertz CT molecular complexity index is 1410. The number of aromatic nitrogens is 2. The number of nitrogens with zero attached hydrogens (tertiary/aromatic N) is 3. The van der Waals surface area contributed by atoms with Crippen LogP contribution in [-0.4, -0.2) is 33.4 Å². The van der Waals surface area contributed by atoms with Gasteiger partial charge < -0.3 is 20.1 Å². The summed E-state index contributed by atoms with van der Waals surface area (Å²) in [5.41, 5.74) is -0.413. The smallest absolute Gasteiger partial charge is 0.406 e. The van der Waals surface area contributed by atoms with Gasteiger partial charge in [-0.3, -0.25) is 13.9 Å². The number of aliphatic hydroxyl groups excluding tert-OH is 1. The second-order valence-corrected chi connectivity index (χ2v) is 8.93. The van der Waals surface area contributed by atoms with Crippen molar-refractivity contribution in [2.24, 2.45) is 7.05 Å². The molecule has 1 aromatic heterocycles. The van der Waals surface area contributed by atoms with E-state index in [-0.39, 0.29) is 49.6 Å². The highest BCUT2D eigenvalue weighted by Gasteiger charge is 2.36. The molecule has 0 spiro atoms. The summed E-state index contributed by atoms with van der Waals surface area (Å²) >= 11 is 5.98. The third-order valence-corrected chi connectivity index (χ3v) is 6.21. The molecule has 2 aromatic carbocycles. The fourth-order valence-electron chi connectivity index (χ4n) is 4.24. The summed E-state index contributed by atoms with van der Waals surface area (Å²) in [7, 11) is 1.46. The summed E-state index contributed by atoms with van der Waals surface area (Å²) in [6.45, 7) is -0.0898. The molecule has 1 atom stereocenters. The Morgan fingerprint density at radius 1 is 1.14 bits per heavy atom. The number of hydrogen-bond donors (Lipinski definition) is 2. The topological polar surface area (TPSA) is 88.7 Å². The lowest BCUT2D eigenvalue weighted by molar-refractivity contribution is -0.274. The lowest BCUT2D eigenvalue weighted by Crippen LogP contribution is -2.42. The molecule has 0 saturated heterocycles. The van der Waals surface area contributed by atoms with Crippen LogP contribution in [0.15, 0.2) is 52.1 Å². The fourth-order valence-corrected chi connectivity index (χ4v) is 4.37. The Morgan fingerprint density at radius 3 is 2.49 bits per heavy atom. The Morgan fingerprint density at radius 2 is 1.84 bits per heavy atom. The molecule has 0 saturated carbocycles. The van der Waals surface area contributed by atoms with Gasteiger partial charge in [-0.2, -0.15) is 0 Å². The van der Waals surface area contributed by atoms with Crippen LogP contribution in [0.3, 0.4) is 0 Å². The van der Waals surface area contributed by atoms with Crippen molar-refractivity contribution < 1.29 is 27.4 Å². The van der Waals surface area contributed by atoms with Crippen LogP contribution in [0.25, 0.3) is 0 Å². The number of benzene rings is 2. The molecule has 1 unspecified atom stereocenters. The zero-order valence-corrected chi connectivity index (χ0v) is 20.3. The molecule has 198 valence electrons. The van der Waals surface area contributed by atoms with Crippen molar-refractivity contribution in [1.82, 2.24) is 9.13 Å². The van der Waals surface area contributed by atoms with E-state index in [0.717, 1.165) is 28.3 Å². The molecule has 3 aromatic rings. The van der Waals surface area contributed by atoms with Crippen LogP contribution in [0.1, 0.15) is 17.5 Å². The van der Waals surface area contributed by atoms with Gasteiger partial charge in [0.2, 0.25) is 0 Å². The van der Waals surface area contributed by atoms with Gasteiger partial charge >= 0.3 is 12.1 Å². The molecule has 4 rings (SSSR count). The molecule has 1 aliphatic rings. The van der Waals surface area contributed by atoms with Crippen LogP contribution in [0, 0.1) is 5.82 Å². The van der Waals surface area contributed by atoms with Gasteiger partial charge in [0.1, 0.15) is 29.2 Å². The second-order valence-electron chi connectivity index (χ2n) is 8.49. The molecule has 8 nitrogen and oxygen atoms in total. The summed E-state index contributed by atoms with van der Waals surface area (Å²) in [5, 5.41) is 12.8. The van der Waals surface area contributed by atoms with Crippen LogP contribution < -0.4 is 26.2 Å². The van der Waals surface area contributed by atoms with Crippen molar-refractivity contribution in [3.63, 3.8) is 0 Å². The first-order valence-corrected chi connectivity index (χ1v) is 11.6. The van der Waals surface area contributed by atoms with Crippen LogP contribution in [0.5, 0.6) is 5.75 Å². The summed E-state index contributed by atoms with van der Waals surface area (Å²) in [4.78, 5) is 27.9. The van der Waals surface area contributed by atoms with E-state index in [2.05, 4.69) is 10.1 Å². The maximum absolute atomic E-state index is 14.7. The van der Waals surface area contributed by atoms with Crippen LogP contribution in [-0.2, 0) is 26.6 Å². The van der Waals surface area contributed by atoms with Gasteiger partial charge in [0.05, 0.1) is 0 Å². The van der Waals surface area contributed by atoms with Gasteiger partial charge in [-0.15, -0.1) is 13.2 Å². The monoisotopic (exact) mass is 542 g/mol. The predicted octanol–water partition coefficient (Wildman–Crippen LogP) is 3.62. The van der Waals surface area contributed by atoms with E-state index in [9.17, 15) is 32.3 Å². The number of hydrogen-bond acceptors (Lipinski definition) is 6. The first-order valence-electron chi connectivity index (χ1n) is 11.2. The third kappa shape index (κ3) is 5.75. The minimum absolute atomic E-state index is 0.0137. The lowest BCUT2D eigenvalue weighted by atomic mass is 10.1. The van der Waals surface area contributed by atoms with Crippen LogP contribution >= 0.6 is 11.6 Å². The quantitative estimate of drug-likeness (QED) is 0.423. The van der Waals surface area contributed by atoms with Crippen LogP contribution in [0.2, 0.25) is 5.02 Å². The zero-order valence-electron chi connectivity index (χ0n) is 19.6. The normalized spacial score (nSPS) is 15.0. The maximum atomic E-state index is 14.7. The van der Waals surface area contributed by atoms with E-state index < -0.39 is 35.3 Å². The maximum Gasteiger partial charge on any atom is 0.573 e. The number of fused-ring (bicyclic) bond motifs is 1. The molecule has 0 bridgehead atoms. The van der Waals surface area contributed by atoms with E-state index in [1.54, 1.807) is 29.2 Å². The van der Waals surface area contributed by atoms with Crippen molar-refractivity contribution in [2.75, 3.05) is 16.8 Å². The number of rotatable bonds is 8. The number of nitrogens with one attached hydrogen (secondary N) is 1. The number of alkyl halides is 3. The summed E-state index contributed by atoms with van der Waals surface area (Å²) < 4.78 is 59.0. The first-order chi connectivity index (χ1) is 17.5. The highest BCUT2D eigenvalue weighted by atomic mass is 35.5. The summed E-state index contributed by atoms with van der Waals surface area (Å²) in [6.07, 6.45) is -5.73. The molecule has 37 heavy (non-hydrogen) atoms. The Kier molecular flexibility index (Phi) is 7.51. The van der Waals surface area contributed by atoms with Crippen molar-refractivity contribution in [1.29, 1.82) is 0 Å². The van der Waals surface area contributed by atoms with Gasteiger partial charge in [0.15, 0.2) is 0 Å². The molecule has 0 fully saturated rings. The predicted molar refractivity (Wildman–Crippen MR) is 129 cm³/mol. The molecule has 2 N–H and O–H groups in total. The average molecular weight is 543 g/mol. The standard InChI is InChI=1S/C24H23ClF4N4O4/c1-31-21-20(22(35)32(23(31)36)9-2-10-34)33(13-14-3-5-16(25)6-4-14)19(30-21)12-15-11-17(7-8-18(15)26)37-24(27,28)29/h3-8,11,19,30,34H,2,9-10,12-13H2,1H3. The highest BCUT2D eigenvalue weighted by Crippen LogP contribution is 2.34. The molecule has 0 amide bonds. The molecular weight excluding hydrogens is 520 g/mol. The number of ether oxygens (including phenoxy) is 1. The van der Waals surface area contributed by atoms with Crippen molar-refractivity contribution in [2.45, 2.75) is 38.5 Å². The van der Waals surface area contributed by atoms with Crippen LogP contribution in [0.4, 0.5) is 29.1 Å². The lowest BCUT2D eigenvalue weighted by Gasteiger charge is -2.27. The van der Waals surface area contributed by atoms with E-state index in [4.69, 9.17) is 11.6 Å². The molecule has 1 aliphatic heterocycles. The van der Waals surface area contributed by atoms with Crippen molar-refractivity contribution >= 4 is 23.1 Å². The van der Waals surface area contributed by atoms with Crippen molar-refractivity contribution in [3.8, 4) is 5.75 Å². The Balaban J connectivity index is 1.77. The fraction of sp³-hybridized carbons (Fsp3) is 0.333. The van der Waals surface area contributed by atoms with Gasteiger partial charge in [-0.25, -0.2) is 9.18 Å². The van der Waals surface area contributed by atoms with E-state index in [1.165, 1.54) is 11.6 Å². The summed E-state index contributed by atoms with van der Waals surface area (Å²) in [6, 6.07) is 9.50. The molecule has 13 heteroatoms. The number of anilines is 2. The van der Waals surface area contributed by atoms with Gasteiger partial charge in [-0.05, 0) is 47.9 Å². The number of aliphatic hydroxyl groups is 1. The zero-order chi connectivity index (χ0) is 26.9. The van der Waals surface area contributed by atoms with Crippen molar-refractivity contribution in [3.05, 3.63) is 85.3 Å². The molecule has 2 heterocycles. The molecular formula is C24H23ClF4N4O4. The van der Waals surface area contributed by atoms with Gasteiger partial charge in [0, 0.05) is 38.2 Å². The summed E-state index contributed by atoms with van der Waals surface area (Å²) in [5.74, 6) is -1.15. The second kappa shape index (κ2) is 10.5. The Labute approximate surface area is 213 Å². The Hall–Kier alpha value is -3.51. The highest BCUT2D eigenvalue weighted by molar-refractivity contribution is 6.30. The SMILES string of the molecule is Cn1c2c(c(=O)n(CCCO)c1=O)N(Cc1ccc(Cl)cc1)C(Cc1cc(OC(F)(F)F)ccc1F)N2. The first kappa shape index (κ1) is 26.6. The van der Waals surface area contributed by atoms with Gasteiger partial charge in [0.25, 0.3) is 5.56 Å². The molecule has 0 aliphatic carbocycles. The van der Waals surface area contributed by atoms with Gasteiger partial charge in [-0.1, -0.05) is 23.7 Å². The van der Waals surface area contributed by atoms with E-state index in [0.29, 0.717) is 5.02 Å². The largest absolute Gasteiger partial charge is 0.573 e. The average Bonchev–Trinajstić information content (AvgIpc) is 3.18. The van der Waals surface area contributed by atoms with E-state index >= 15 is 0 Å².